The highest BCUT2D eigenvalue weighted by Crippen LogP contribution is 2.37. The van der Waals surface area contributed by atoms with Crippen LogP contribution >= 0.6 is 0 Å². The minimum atomic E-state index is -4.62. The highest BCUT2D eigenvalue weighted by Gasteiger charge is 2.38. The molecule has 1 aliphatic carbocycles. The van der Waals surface area contributed by atoms with E-state index in [-0.39, 0.29) is 43.1 Å². The number of fused-ring (bicyclic) bond motifs is 1. The number of hydrogen-bond donors (Lipinski definition) is 2. The van der Waals surface area contributed by atoms with Gasteiger partial charge in [0.25, 0.3) is 0 Å². The fourth-order valence-electron chi connectivity index (χ4n) is 5.00. The standard InChI is InChI=1S/C23H30F3N7O3/c1-2-19(34)28-15-6-7-18-31-32-20(33(18)10-15)13-4-3-5-14(8-13)29-22-27-9-17(23(24,25)26)21(30-22)36-16-11-35-12-16/h9,13-16H,2-8,10-12H2,1H3,(H,28,34)(H,27,29,30)/t13-,14+,15-/m0/s1. The van der Waals surface area contributed by atoms with Crippen molar-refractivity contribution in [1.82, 2.24) is 30.0 Å². The predicted octanol–water partition coefficient (Wildman–Crippen LogP) is 2.84. The van der Waals surface area contributed by atoms with E-state index in [0.717, 1.165) is 56.4 Å². The maximum absolute atomic E-state index is 13.4. The Morgan fingerprint density at radius 1 is 1.22 bits per heavy atom. The molecule has 196 valence electrons. The van der Waals surface area contributed by atoms with Gasteiger partial charge in [-0.25, -0.2) is 4.98 Å². The molecule has 0 radical (unpaired) electrons. The van der Waals surface area contributed by atoms with E-state index in [2.05, 4.69) is 35.4 Å². The molecule has 1 saturated carbocycles. The number of halogens is 3. The number of nitrogens with one attached hydrogen (secondary N) is 2. The number of nitrogens with zero attached hydrogens (tertiary/aromatic N) is 5. The molecule has 3 atom stereocenters. The van der Waals surface area contributed by atoms with E-state index in [1.807, 2.05) is 6.92 Å². The van der Waals surface area contributed by atoms with Crippen LogP contribution in [-0.4, -0.2) is 62.0 Å². The third kappa shape index (κ3) is 5.40. The van der Waals surface area contributed by atoms with Crippen molar-refractivity contribution in [2.24, 2.45) is 0 Å². The lowest BCUT2D eigenvalue weighted by Crippen LogP contribution is -2.41. The first-order chi connectivity index (χ1) is 17.3. The average Bonchev–Trinajstić information content (AvgIpc) is 3.24. The predicted molar refractivity (Wildman–Crippen MR) is 121 cm³/mol. The molecule has 2 N–H and O–H groups in total. The molecule has 2 fully saturated rings. The summed E-state index contributed by atoms with van der Waals surface area (Å²) in [6, 6.07) is 0.0183. The summed E-state index contributed by atoms with van der Waals surface area (Å²) in [5.41, 5.74) is -0.999. The van der Waals surface area contributed by atoms with E-state index in [0.29, 0.717) is 13.0 Å². The largest absolute Gasteiger partial charge is 0.469 e. The molecule has 13 heteroatoms. The van der Waals surface area contributed by atoms with Crippen molar-refractivity contribution in [2.75, 3.05) is 18.5 Å². The van der Waals surface area contributed by atoms with Gasteiger partial charge in [-0.2, -0.15) is 18.2 Å². The number of rotatable bonds is 7. The zero-order valence-electron chi connectivity index (χ0n) is 20.1. The Labute approximate surface area is 206 Å². The number of anilines is 1. The normalized spacial score (nSPS) is 24.5. The van der Waals surface area contributed by atoms with Crippen LogP contribution in [0.5, 0.6) is 5.88 Å². The lowest BCUT2D eigenvalue weighted by Gasteiger charge is -2.31. The number of aromatic nitrogens is 5. The van der Waals surface area contributed by atoms with Gasteiger partial charge in [0.05, 0.1) is 13.2 Å². The van der Waals surface area contributed by atoms with Crippen molar-refractivity contribution < 1.29 is 27.4 Å². The van der Waals surface area contributed by atoms with Crippen molar-refractivity contribution in [3.8, 4) is 5.88 Å². The minimum Gasteiger partial charge on any atom is -0.469 e. The van der Waals surface area contributed by atoms with E-state index < -0.39 is 23.7 Å². The Balaban J connectivity index is 1.28. The molecule has 1 amide bonds. The third-order valence-corrected chi connectivity index (χ3v) is 6.98. The fraction of sp³-hybridized carbons (Fsp3) is 0.696. The monoisotopic (exact) mass is 509 g/mol. The molecule has 0 unspecified atom stereocenters. The second-order valence-electron chi connectivity index (χ2n) is 9.63. The number of carbonyl (C=O) groups excluding carboxylic acids is 1. The highest BCUT2D eigenvalue weighted by molar-refractivity contribution is 5.75. The number of hydrogen-bond acceptors (Lipinski definition) is 8. The second kappa shape index (κ2) is 10.2. The van der Waals surface area contributed by atoms with Gasteiger partial charge in [0.15, 0.2) is 0 Å². The van der Waals surface area contributed by atoms with E-state index in [1.54, 1.807) is 0 Å². The fourth-order valence-corrected chi connectivity index (χ4v) is 5.00. The Morgan fingerprint density at radius 2 is 2.06 bits per heavy atom. The van der Waals surface area contributed by atoms with Crippen LogP contribution in [0.4, 0.5) is 19.1 Å². The average molecular weight is 510 g/mol. The molecule has 4 heterocycles. The smallest absolute Gasteiger partial charge is 0.423 e. The molecule has 0 spiro atoms. The molecule has 10 nitrogen and oxygen atoms in total. The van der Waals surface area contributed by atoms with Gasteiger partial charge in [0.1, 0.15) is 23.3 Å². The minimum absolute atomic E-state index is 0.0322. The molecule has 3 aliphatic rings. The number of amides is 1. The summed E-state index contributed by atoms with van der Waals surface area (Å²) in [5.74, 6) is 1.62. The summed E-state index contributed by atoms with van der Waals surface area (Å²) in [4.78, 5) is 19.9. The lowest BCUT2D eigenvalue weighted by molar-refractivity contribution is -0.142. The Bertz CT molecular complexity index is 1090. The molecule has 5 rings (SSSR count). The van der Waals surface area contributed by atoms with Crippen LogP contribution in [0.1, 0.15) is 68.6 Å². The molecule has 36 heavy (non-hydrogen) atoms. The van der Waals surface area contributed by atoms with Crippen molar-refractivity contribution in [3.63, 3.8) is 0 Å². The zero-order chi connectivity index (χ0) is 25.3. The first-order valence-electron chi connectivity index (χ1n) is 12.5. The summed E-state index contributed by atoms with van der Waals surface area (Å²) in [7, 11) is 0. The number of aryl methyl sites for hydroxylation is 1. The van der Waals surface area contributed by atoms with Crippen molar-refractivity contribution in [2.45, 2.75) is 88.7 Å². The topological polar surface area (TPSA) is 116 Å². The van der Waals surface area contributed by atoms with Gasteiger partial charge in [-0.05, 0) is 25.7 Å². The van der Waals surface area contributed by atoms with Gasteiger partial charge in [-0.15, -0.1) is 10.2 Å². The number of alkyl halides is 3. The van der Waals surface area contributed by atoms with Gasteiger partial charge in [-0.1, -0.05) is 13.3 Å². The van der Waals surface area contributed by atoms with Crippen LogP contribution in [-0.2, 0) is 28.7 Å². The highest BCUT2D eigenvalue weighted by atomic mass is 19.4. The van der Waals surface area contributed by atoms with Crippen LogP contribution in [0.15, 0.2) is 6.20 Å². The molecule has 2 aromatic rings. The molecule has 0 aromatic carbocycles. The maximum Gasteiger partial charge on any atom is 0.423 e. The van der Waals surface area contributed by atoms with Gasteiger partial charge >= 0.3 is 6.18 Å². The Morgan fingerprint density at radius 3 is 2.78 bits per heavy atom. The maximum atomic E-state index is 13.4. The van der Waals surface area contributed by atoms with Gasteiger partial charge in [0.2, 0.25) is 17.7 Å². The molecule has 2 aliphatic heterocycles. The van der Waals surface area contributed by atoms with Crippen LogP contribution in [0.2, 0.25) is 0 Å². The number of carbonyl (C=O) groups is 1. The summed E-state index contributed by atoms with van der Waals surface area (Å²) in [6.45, 7) is 2.95. The molecular formula is C23H30F3N7O3. The summed E-state index contributed by atoms with van der Waals surface area (Å²) >= 11 is 0. The molecular weight excluding hydrogens is 479 g/mol. The second-order valence-corrected chi connectivity index (χ2v) is 9.63. The summed E-state index contributed by atoms with van der Waals surface area (Å²) in [6.07, 6.45) is 1.16. The van der Waals surface area contributed by atoms with Gasteiger partial charge in [-0.3, -0.25) is 4.79 Å². The Hall–Kier alpha value is -2.96. The lowest BCUT2D eigenvalue weighted by atomic mass is 9.85. The van der Waals surface area contributed by atoms with Crippen molar-refractivity contribution >= 4 is 11.9 Å². The van der Waals surface area contributed by atoms with Crippen LogP contribution in [0.3, 0.4) is 0 Å². The van der Waals surface area contributed by atoms with Gasteiger partial charge < -0.3 is 24.7 Å². The van der Waals surface area contributed by atoms with Gasteiger partial charge in [0, 0.05) is 43.6 Å². The van der Waals surface area contributed by atoms with E-state index in [4.69, 9.17) is 9.47 Å². The molecule has 1 saturated heterocycles. The van der Waals surface area contributed by atoms with Crippen LogP contribution in [0.25, 0.3) is 0 Å². The Kier molecular flexibility index (Phi) is 7.00. The van der Waals surface area contributed by atoms with Crippen molar-refractivity contribution in [3.05, 3.63) is 23.4 Å². The van der Waals surface area contributed by atoms with Crippen LogP contribution in [0, 0.1) is 0 Å². The zero-order valence-corrected chi connectivity index (χ0v) is 20.1. The molecule has 0 bridgehead atoms. The quantitative estimate of drug-likeness (QED) is 0.586. The molecule has 2 aromatic heterocycles. The first-order valence-corrected chi connectivity index (χ1v) is 12.5. The van der Waals surface area contributed by atoms with E-state index >= 15 is 0 Å². The van der Waals surface area contributed by atoms with Crippen molar-refractivity contribution in [1.29, 1.82) is 0 Å². The summed E-state index contributed by atoms with van der Waals surface area (Å²) in [5, 5.41) is 15.1. The number of ether oxygens (including phenoxy) is 2. The van der Waals surface area contributed by atoms with E-state index in [9.17, 15) is 18.0 Å². The first kappa shape index (κ1) is 24.7. The SMILES string of the molecule is CCC(=O)N[C@H]1CCc2nnc([C@H]3CCC[C@@H](Nc4ncc(C(F)(F)F)c(OC5COC5)n4)C3)n2C1. The van der Waals surface area contributed by atoms with E-state index in [1.165, 1.54) is 0 Å². The third-order valence-electron chi connectivity index (χ3n) is 6.98. The summed E-state index contributed by atoms with van der Waals surface area (Å²) < 4.78 is 52.8. The van der Waals surface area contributed by atoms with Crippen LogP contribution < -0.4 is 15.4 Å².